The highest BCUT2D eigenvalue weighted by Crippen LogP contribution is 2.21. The molecule has 2 aromatic carbocycles. The van der Waals surface area contributed by atoms with Gasteiger partial charge in [0.15, 0.2) is 0 Å². The van der Waals surface area contributed by atoms with Gasteiger partial charge in [-0.05, 0) is 56.2 Å². The van der Waals surface area contributed by atoms with Crippen molar-refractivity contribution in [1.82, 2.24) is 5.32 Å². The van der Waals surface area contributed by atoms with Gasteiger partial charge in [-0.3, -0.25) is 14.3 Å². The van der Waals surface area contributed by atoms with Crippen LogP contribution in [0.4, 0.5) is 11.4 Å². The van der Waals surface area contributed by atoms with Crippen molar-refractivity contribution in [2.24, 2.45) is 0 Å². The first kappa shape index (κ1) is 21.4. The molecule has 0 aromatic heterocycles. The van der Waals surface area contributed by atoms with E-state index in [2.05, 4.69) is 15.4 Å². The number of amides is 2. The summed E-state index contributed by atoms with van der Waals surface area (Å²) < 4.78 is 25.8. The highest BCUT2D eigenvalue weighted by atomic mass is 32.2. The molecule has 2 rings (SSSR count). The number of carbonyl (C=O) groups excluding carboxylic acids is 2. The molecule has 0 heterocycles. The molecule has 0 unspecified atom stereocenters. The number of benzene rings is 2. The van der Waals surface area contributed by atoms with Crippen LogP contribution in [0.1, 0.15) is 35.7 Å². The lowest BCUT2D eigenvalue weighted by molar-refractivity contribution is -0.116. The SMILES string of the molecule is CCS(=O)(=O)Nc1ccc(NC(=O)CCCNC(=O)c2ccccc2)cc1C. The van der Waals surface area contributed by atoms with Crippen LogP contribution in [0, 0.1) is 6.92 Å². The highest BCUT2D eigenvalue weighted by molar-refractivity contribution is 7.92. The van der Waals surface area contributed by atoms with Crippen molar-refractivity contribution >= 4 is 33.2 Å². The minimum Gasteiger partial charge on any atom is -0.352 e. The van der Waals surface area contributed by atoms with Crippen molar-refractivity contribution in [2.75, 3.05) is 22.3 Å². The molecule has 0 aliphatic heterocycles. The molecule has 0 saturated carbocycles. The smallest absolute Gasteiger partial charge is 0.251 e. The van der Waals surface area contributed by atoms with E-state index in [4.69, 9.17) is 0 Å². The molecule has 8 heteroatoms. The molecule has 3 N–H and O–H groups in total. The first-order chi connectivity index (χ1) is 13.3. The van der Waals surface area contributed by atoms with Gasteiger partial charge >= 0.3 is 0 Å². The average Bonchev–Trinajstić information content (AvgIpc) is 2.68. The standard InChI is InChI=1S/C20H25N3O4S/c1-3-28(26,27)23-18-12-11-17(14-15(18)2)22-19(24)10-7-13-21-20(25)16-8-5-4-6-9-16/h4-6,8-9,11-12,14,23H,3,7,10,13H2,1-2H3,(H,21,25)(H,22,24). The van der Waals surface area contributed by atoms with Crippen molar-refractivity contribution in [3.8, 4) is 0 Å². The van der Waals surface area contributed by atoms with Crippen LogP contribution in [-0.4, -0.2) is 32.5 Å². The number of anilines is 2. The van der Waals surface area contributed by atoms with E-state index in [0.717, 1.165) is 0 Å². The maximum absolute atomic E-state index is 12.1. The lowest BCUT2D eigenvalue weighted by Gasteiger charge is -2.12. The maximum Gasteiger partial charge on any atom is 0.251 e. The molecule has 0 aliphatic carbocycles. The summed E-state index contributed by atoms with van der Waals surface area (Å²) in [6, 6.07) is 13.9. The van der Waals surface area contributed by atoms with Crippen LogP contribution in [0.2, 0.25) is 0 Å². The Morgan fingerprint density at radius 1 is 1.04 bits per heavy atom. The number of rotatable bonds is 9. The molecule has 0 fully saturated rings. The van der Waals surface area contributed by atoms with E-state index in [1.807, 2.05) is 6.07 Å². The number of aryl methyl sites for hydroxylation is 1. The molecular weight excluding hydrogens is 378 g/mol. The molecule has 150 valence electrons. The van der Waals surface area contributed by atoms with Crippen LogP contribution < -0.4 is 15.4 Å². The van der Waals surface area contributed by atoms with Crippen LogP contribution in [-0.2, 0) is 14.8 Å². The second kappa shape index (κ2) is 9.89. The van der Waals surface area contributed by atoms with Crippen LogP contribution in [0.5, 0.6) is 0 Å². The maximum atomic E-state index is 12.1. The van der Waals surface area contributed by atoms with Crippen molar-refractivity contribution in [2.45, 2.75) is 26.7 Å². The summed E-state index contributed by atoms with van der Waals surface area (Å²) in [5.74, 6) is -0.344. The van der Waals surface area contributed by atoms with Crippen molar-refractivity contribution in [3.63, 3.8) is 0 Å². The molecule has 2 aromatic rings. The lowest BCUT2D eigenvalue weighted by Crippen LogP contribution is -2.25. The van der Waals surface area contributed by atoms with Crippen LogP contribution >= 0.6 is 0 Å². The first-order valence-electron chi connectivity index (χ1n) is 9.05. The molecule has 0 saturated heterocycles. The number of nitrogens with one attached hydrogen (secondary N) is 3. The van der Waals surface area contributed by atoms with E-state index in [-0.39, 0.29) is 24.0 Å². The van der Waals surface area contributed by atoms with Gasteiger partial charge in [0.25, 0.3) is 5.91 Å². The van der Waals surface area contributed by atoms with Gasteiger partial charge in [-0.2, -0.15) is 0 Å². The third-order valence-corrected chi connectivity index (χ3v) is 5.35. The zero-order valence-corrected chi connectivity index (χ0v) is 16.8. The summed E-state index contributed by atoms with van der Waals surface area (Å²) in [5, 5.41) is 5.56. The molecule has 0 aliphatic rings. The monoisotopic (exact) mass is 403 g/mol. The lowest BCUT2D eigenvalue weighted by atomic mass is 10.2. The molecule has 0 bridgehead atoms. The molecule has 0 spiro atoms. The molecule has 28 heavy (non-hydrogen) atoms. The number of sulfonamides is 1. The third kappa shape index (κ3) is 6.70. The Bertz CT molecular complexity index is 928. The zero-order chi connectivity index (χ0) is 20.6. The highest BCUT2D eigenvalue weighted by Gasteiger charge is 2.10. The quantitative estimate of drug-likeness (QED) is 0.560. The molecule has 7 nitrogen and oxygen atoms in total. The van der Waals surface area contributed by atoms with E-state index < -0.39 is 10.0 Å². The fourth-order valence-electron chi connectivity index (χ4n) is 2.46. The number of carbonyl (C=O) groups is 2. The van der Waals surface area contributed by atoms with E-state index in [1.54, 1.807) is 56.3 Å². The molecule has 0 radical (unpaired) electrons. The molecule has 0 atom stereocenters. The van der Waals surface area contributed by atoms with Gasteiger partial charge in [0.05, 0.1) is 11.4 Å². The van der Waals surface area contributed by atoms with Crippen LogP contribution in [0.3, 0.4) is 0 Å². The van der Waals surface area contributed by atoms with E-state index in [9.17, 15) is 18.0 Å². The average molecular weight is 404 g/mol. The predicted octanol–water partition coefficient (Wildman–Crippen LogP) is 2.91. The normalized spacial score (nSPS) is 10.9. The van der Waals surface area contributed by atoms with E-state index >= 15 is 0 Å². The van der Waals surface area contributed by atoms with Gasteiger partial charge in [-0.1, -0.05) is 18.2 Å². The molecule has 2 amide bonds. The topological polar surface area (TPSA) is 104 Å². The summed E-state index contributed by atoms with van der Waals surface area (Å²) in [7, 11) is -3.34. The van der Waals surface area contributed by atoms with Gasteiger partial charge in [-0.25, -0.2) is 8.42 Å². The van der Waals surface area contributed by atoms with Gasteiger partial charge in [0.1, 0.15) is 0 Å². The van der Waals surface area contributed by atoms with Crippen LogP contribution in [0.15, 0.2) is 48.5 Å². The minimum atomic E-state index is -3.34. The third-order valence-electron chi connectivity index (χ3n) is 4.06. The van der Waals surface area contributed by atoms with Crippen molar-refractivity contribution < 1.29 is 18.0 Å². The predicted molar refractivity (Wildman–Crippen MR) is 111 cm³/mol. The summed E-state index contributed by atoms with van der Waals surface area (Å²) in [6.07, 6.45) is 0.774. The largest absolute Gasteiger partial charge is 0.352 e. The Morgan fingerprint density at radius 3 is 2.39 bits per heavy atom. The van der Waals surface area contributed by atoms with E-state index in [1.165, 1.54) is 0 Å². The Kier molecular flexibility index (Phi) is 7.57. The summed E-state index contributed by atoms with van der Waals surface area (Å²) >= 11 is 0. The fourth-order valence-corrected chi connectivity index (χ4v) is 3.17. The van der Waals surface area contributed by atoms with Gasteiger partial charge < -0.3 is 10.6 Å². The minimum absolute atomic E-state index is 0.00820. The summed E-state index contributed by atoms with van der Waals surface area (Å²) in [4.78, 5) is 24.0. The number of hydrogen-bond acceptors (Lipinski definition) is 4. The van der Waals surface area contributed by atoms with Crippen LogP contribution in [0.25, 0.3) is 0 Å². The second-order valence-corrected chi connectivity index (χ2v) is 8.32. The van der Waals surface area contributed by atoms with Crippen molar-refractivity contribution in [3.05, 3.63) is 59.7 Å². The Morgan fingerprint density at radius 2 is 1.75 bits per heavy atom. The fraction of sp³-hybridized carbons (Fsp3) is 0.300. The molecular formula is C20H25N3O4S. The first-order valence-corrected chi connectivity index (χ1v) is 10.7. The van der Waals surface area contributed by atoms with Gasteiger partial charge in [-0.15, -0.1) is 0 Å². The van der Waals surface area contributed by atoms with Gasteiger partial charge in [0, 0.05) is 24.2 Å². The Labute approximate surface area is 165 Å². The number of hydrogen-bond donors (Lipinski definition) is 3. The van der Waals surface area contributed by atoms with E-state index in [0.29, 0.717) is 35.5 Å². The summed E-state index contributed by atoms with van der Waals surface area (Å²) in [5.41, 5.74) is 2.38. The Balaban J connectivity index is 1.78. The summed E-state index contributed by atoms with van der Waals surface area (Å²) in [6.45, 7) is 3.73. The van der Waals surface area contributed by atoms with Gasteiger partial charge in [0.2, 0.25) is 15.9 Å². The van der Waals surface area contributed by atoms with Crippen molar-refractivity contribution in [1.29, 1.82) is 0 Å². The zero-order valence-electron chi connectivity index (χ0n) is 16.0. The Hall–Kier alpha value is -2.87. The second-order valence-electron chi connectivity index (χ2n) is 6.31.